The van der Waals surface area contributed by atoms with Crippen molar-refractivity contribution in [2.45, 2.75) is 38.3 Å². The van der Waals surface area contributed by atoms with Crippen molar-refractivity contribution in [3.05, 3.63) is 65.5 Å². The van der Waals surface area contributed by atoms with Gasteiger partial charge in [0.1, 0.15) is 5.60 Å². The summed E-state index contributed by atoms with van der Waals surface area (Å²) < 4.78 is 0. The van der Waals surface area contributed by atoms with Crippen molar-refractivity contribution < 1.29 is 5.11 Å². The molecule has 1 aromatic heterocycles. The second kappa shape index (κ2) is 6.19. The van der Waals surface area contributed by atoms with E-state index in [2.05, 4.69) is 42.3 Å². The predicted octanol–water partition coefficient (Wildman–Crippen LogP) is 3.20. The summed E-state index contributed by atoms with van der Waals surface area (Å²) in [7, 11) is 0. The SMILES string of the molecule is CC(C)C(NCC1(O)CCc2ccccc21)c1cccnc1. The molecule has 0 spiro atoms. The smallest absolute Gasteiger partial charge is 0.103 e. The molecule has 0 amide bonds. The highest BCUT2D eigenvalue weighted by Crippen LogP contribution is 2.37. The normalized spacial score (nSPS) is 21.8. The molecule has 0 bridgehead atoms. The monoisotopic (exact) mass is 296 g/mol. The van der Waals surface area contributed by atoms with Crippen molar-refractivity contribution in [1.29, 1.82) is 0 Å². The van der Waals surface area contributed by atoms with Crippen LogP contribution >= 0.6 is 0 Å². The fourth-order valence-corrected chi connectivity index (χ4v) is 3.43. The maximum Gasteiger partial charge on any atom is 0.103 e. The molecule has 0 saturated heterocycles. The minimum absolute atomic E-state index is 0.200. The summed E-state index contributed by atoms with van der Waals surface area (Å²) in [5, 5.41) is 14.6. The molecule has 116 valence electrons. The van der Waals surface area contributed by atoms with Gasteiger partial charge in [-0.25, -0.2) is 0 Å². The van der Waals surface area contributed by atoms with Crippen LogP contribution in [0.4, 0.5) is 0 Å². The van der Waals surface area contributed by atoms with Crippen LogP contribution in [0.25, 0.3) is 0 Å². The Labute approximate surface area is 132 Å². The van der Waals surface area contributed by atoms with Gasteiger partial charge in [-0.05, 0) is 41.5 Å². The van der Waals surface area contributed by atoms with Gasteiger partial charge in [-0.15, -0.1) is 0 Å². The van der Waals surface area contributed by atoms with Gasteiger partial charge < -0.3 is 10.4 Å². The summed E-state index contributed by atoms with van der Waals surface area (Å²) in [6.07, 6.45) is 5.44. The number of aromatic nitrogens is 1. The Morgan fingerprint density at radius 3 is 2.77 bits per heavy atom. The minimum Gasteiger partial charge on any atom is -0.384 e. The minimum atomic E-state index is -0.758. The zero-order valence-corrected chi connectivity index (χ0v) is 13.3. The van der Waals surface area contributed by atoms with Gasteiger partial charge in [0.25, 0.3) is 0 Å². The second-order valence-electron chi connectivity index (χ2n) is 6.58. The number of fused-ring (bicyclic) bond motifs is 1. The lowest BCUT2D eigenvalue weighted by Gasteiger charge is -2.30. The fraction of sp³-hybridized carbons (Fsp3) is 0.421. The van der Waals surface area contributed by atoms with Crippen molar-refractivity contribution in [2.75, 3.05) is 6.54 Å². The highest BCUT2D eigenvalue weighted by atomic mass is 16.3. The highest BCUT2D eigenvalue weighted by Gasteiger charge is 2.36. The molecule has 0 radical (unpaired) electrons. The van der Waals surface area contributed by atoms with E-state index in [0.29, 0.717) is 12.5 Å². The Balaban J connectivity index is 1.76. The number of benzene rings is 1. The zero-order chi connectivity index (χ0) is 15.6. The fourth-order valence-electron chi connectivity index (χ4n) is 3.43. The van der Waals surface area contributed by atoms with Crippen LogP contribution in [0.5, 0.6) is 0 Å². The van der Waals surface area contributed by atoms with E-state index >= 15 is 0 Å². The molecule has 2 aromatic rings. The largest absolute Gasteiger partial charge is 0.384 e. The standard InChI is InChI=1S/C19H24N2O/c1-14(2)18(16-7-5-11-20-12-16)21-13-19(22)10-9-15-6-3-4-8-17(15)19/h3-8,11-12,14,18,21-22H,9-10,13H2,1-2H3. The van der Waals surface area contributed by atoms with E-state index in [1.165, 1.54) is 11.1 Å². The topological polar surface area (TPSA) is 45.1 Å². The van der Waals surface area contributed by atoms with Crippen LogP contribution < -0.4 is 5.32 Å². The molecule has 3 rings (SSSR count). The predicted molar refractivity (Wildman–Crippen MR) is 88.5 cm³/mol. The van der Waals surface area contributed by atoms with Gasteiger partial charge >= 0.3 is 0 Å². The van der Waals surface area contributed by atoms with E-state index < -0.39 is 5.60 Å². The number of pyridine rings is 1. The first kappa shape index (κ1) is 15.2. The number of hydrogen-bond donors (Lipinski definition) is 2. The van der Waals surface area contributed by atoms with Gasteiger partial charge in [-0.2, -0.15) is 0 Å². The maximum absolute atomic E-state index is 11.0. The average molecular weight is 296 g/mol. The number of aliphatic hydroxyl groups is 1. The van der Waals surface area contributed by atoms with Crippen molar-refractivity contribution >= 4 is 0 Å². The Kier molecular flexibility index (Phi) is 4.27. The highest BCUT2D eigenvalue weighted by molar-refractivity contribution is 5.37. The molecule has 0 fully saturated rings. The van der Waals surface area contributed by atoms with Gasteiger partial charge in [-0.1, -0.05) is 44.2 Å². The van der Waals surface area contributed by atoms with E-state index in [0.717, 1.165) is 18.4 Å². The van der Waals surface area contributed by atoms with Crippen LogP contribution in [0.15, 0.2) is 48.8 Å². The van der Waals surface area contributed by atoms with Crippen LogP contribution in [0.1, 0.15) is 43.0 Å². The van der Waals surface area contributed by atoms with Crippen LogP contribution in [-0.2, 0) is 12.0 Å². The molecule has 3 nitrogen and oxygen atoms in total. The van der Waals surface area contributed by atoms with Crippen LogP contribution in [0, 0.1) is 5.92 Å². The molecule has 22 heavy (non-hydrogen) atoms. The summed E-state index contributed by atoms with van der Waals surface area (Å²) in [6.45, 7) is 4.95. The molecule has 1 heterocycles. The second-order valence-corrected chi connectivity index (χ2v) is 6.58. The Bertz CT molecular complexity index is 626. The summed E-state index contributed by atoms with van der Waals surface area (Å²) in [4.78, 5) is 4.22. The Morgan fingerprint density at radius 2 is 2.05 bits per heavy atom. The Hall–Kier alpha value is -1.71. The lowest BCUT2D eigenvalue weighted by molar-refractivity contribution is 0.0341. The van der Waals surface area contributed by atoms with Gasteiger partial charge in [0.15, 0.2) is 0 Å². The third-order valence-electron chi connectivity index (χ3n) is 4.65. The molecular formula is C19H24N2O. The lowest BCUT2D eigenvalue weighted by atomic mass is 9.93. The van der Waals surface area contributed by atoms with Gasteiger partial charge in [0, 0.05) is 25.0 Å². The molecule has 2 N–H and O–H groups in total. The summed E-state index contributed by atoms with van der Waals surface area (Å²) in [5.74, 6) is 0.435. The number of aryl methyl sites for hydroxylation is 1. The van der Waals surface area contributed by atoms with Crippen LogP contribution in [0.2, 0.25) is 0 Å². The van der Waals surface area contributed by atoms with Crippen molar-refractivity contribution in [3.63, 3.8) is 0 Å². The summed E-state index contributed by atoms with van der Waals surface area (Å²) in [5.41, 5.74) is 2.77. The number of hydrogen-bond acceptors (Lipinski definition) is 3. The number of nitrogens with one attached hydrogen (secondary N) is 1. The molecule has 0 aliphatic heterocycles. The molecule has 2 atom stereocenters. The van der Waals surface area contributed by atoms with Crippen molar-refractivity contribution in [2.24, 2.45) is 5.92 Å². The van der Waals surface area contributed by atoms with E-state index in [1.54, 1.807) is 6.20 Å². The Morgan fingerprint density at radius 1 is 1.23 bits per heavy atom. The lowest BCUT2D eigenvalue weighted by Crippen LogP contribution is -2.39. The third-order valence-corrected chi connectivity index (χ3v) is 4.65. The summed E-state index contributed by atoms with van der Waals surface area (Å²) in [6, 6.07) is 12.5. The van der Waals surface area contributed by atoms with E-state index in [4.69, 9.17) is 0 Å². The maximum atomic E-state index is 11.0. The zero-order valence-electron chi connectivity index (χ0n) is 13.3. The van der Waals surface area contributed by atoms with Crippen LogP contribution in [-0.4, -0.2) is 16.6 Å². The number of nitrogens with zero attached hydrogens (tertiary/aromatic N) is 1. The third kappa shape index (κ3) is 2.92. The molecular weight excluding hydrogens is 272 g/mol. The molecule has 0 saturated carbocycles. The van der Waals surface area contributed by atoms with Crippen molar-refractivity contribution in [3.8, 4) is 0 Å². The van der Waals surface area contributed by atoms with E-state index in [1.807, 2.05) is 24.4 Å². The van der Waals surface area contributed by atoms with E-state index in [9.17, 15) is 5.11 Å². The molecule has 1 aliphatic carbocycles. The van der Waals surface area contributed by atoms with Gasteiger partial charge in [0.05, 0.1) is 0 Å². The van der Waals surface area contributed by atoms with E-state index in [-0.39, 0.29) is 6.04 Å². The van der Waals surface area contributed by atoms with Gasteiger partial charge in [0.2, 0.25) is 0 Å². The van der Waals surface area contributed by atoms with Gasteiger partial charge in [-0.3, -0.25) is 4.98 Å². The van der Waals surface area contributed by atoms with Crippen LogP contribution in [0.3, 0.4) is 0 Å². The molecule has 1 aromatic carbocycles. The first-order chi connectivity index (χ1) is 10.6. The quantitative estimate of drug-likeness (QED) is 0.890. The first-order valence-electron chi connectivity index (χ1n) is 8.04. The van der Waals surface area contributed by atoms with Crippen molar-refractivity contribution in [1.82, 2.24) is 10.3 Å². The molecule has 1 aliphatic rings. The number of rotatable bonds is 5. The molecule has 3 heteroatoms. The first-order valence-corrected chi connectivity index (χ1v) is 8.04. The molecule has 2 unspecified atom stereocenters. The summed E-state index contributed by atoms with van der Waals surface area (Å²) >= 11 is 0. The average Bonchev–Trinajstić information content (AvgIpc) is 2.86.